The fourth-order valence-electron chi connectivity index (χ4n) is 2.15. The van der Waals surface area contributed by atoms with E-state index in [1.807, 2.05) is 24.3 Å². The molecule has 0 unspecified atom stereocenters. The number of halogens is 1. The highest BCUT2D eigenvalue weighted by molar-refractivity contribution is 5.92. The Kier molecular flexibility index (Phi) is 5.36. The van der Waals surface area contributed by atoms with E-state index >= 15 is 0 Å². The van der Waals surface area contributed by atoms with Crippen LogP contribution < -0.4 is 14.8 Å². The van der Waals surface area contributed by atoms with Gasteiger partial charge in [-0.1, -0.05) is 18.2 Å². The SMILES string of the molecule is COc1ccccc1CCC(=O)Nc1cc(F)ccc1OC. The summed E-state index contributed by atoms with van der Waals surface area (Å²) in [5.41, 5.74) is 1.28. The maximum atomic E-state index is 13.3. The third-order valence-electron chi connectivity index (χ3n) is 3.25. The summed E-state index contributed by atoms with van der Waals surface area (Å²) in [5, 5.41) is 2.67. The van der Waals surface area contributed by atoms with Gasteiger partial charge in [0.15, 0.2) is 0 Å². The van der Waals surface area contributed by atoms with Crippen LogP contribution in [0.2, 0.25) is 0 Å². The van der Waals surface area contributed by atoms with Crippen molar-refractivity contribution in [2.24, 2.45) is 0 Å². The second kappa shape index (κ2) is 7.45. The number of benzene rings is 2. The van der Waals surface area contributed by atoms with Gasteiger partial charge in [-0.2, -0.15) is 0 Å². The average Bonchev–Trinajstić information content (AvgIpc) is 2.53. The summed E-state index contributed by atoms with van der Waals surface area (Å²) in [6, 6.07) is 11.5. The second-order valence-corrected chi connectivity index (χ2v) is 4.70. The van der Waals surface area contributed by atoms with Crippen molar-refractivity contribution in [1.82, 2.24) is 0 Å². The molecule has 0 aromatic heterocycles. The van der Waals surface area contributed by atoms with E-state index in [-0.39, 0.29) is 12.3 Å². The maximum absolute atomic E-state index is 13.3. The molecule has 0 spiro atoms. The van der Waals surface area contributed by atoms with Gasteiger partial charge in [-0.25, -0.2) is 4.39 Å². The van der Waals surface area contributed by atoms with Gasteiger partial charge in [0, 0.05) is 12.5 Å². The Balaban J connectivity index is 2.00. The first-order chi connectivity index (χ1) is 10.6. The van der Waals surface area contributed by atoms with Crippen LogP contribution in [0.5, 0.6) is 11.5 Å². The van der Waals surface area contributed by atoms with Gasteiger partial charge >= 0.3 is 0 Å². The van der Waals surface area contributed by atoms with Gasteiger partial charge in [0.2, 0.25) is 5.91 Å². The number of nitrogens with one attached hydrogen (secondary N) is 1. The first-order valence-corrected chi connectivity index (χ1v) is 6.89. The molecule has 2 aromatic carbocycles. The Bertz CT molecular complexity index is 658. The van der Waals surface area contributed by atoms with Crippen molar-refractivity contribution in [3.63, 3.8) is 0 Å². The van der Waals surface area contributed by atoms with Crippen molar-refractivity contribution in [3.05, 3.63) is 53.8 Å². The van der Waals surface area contributed by atoms with E-state index in [1.165, 1.54) is 25.3 Å². The van der Waals surface area contributed by atoms with Gasteiger partial charge in [0.1, 0.15) is 17.3 Å². The summed E-state index contributed by atoms with van der Waals surface area (Å²) in [6.07, 6.45) is 0.799. The van der Waals surface area contributed by atoms with Crippen LogP contribution in [0.25, 0.3) is 0 Å². The predicted octanol–water partition coefficient (Wildman–Crippen LogP) is 3.41. The van der Waals surface area contributed by atoms with Crippen LogP contribution in [0.1, 0.15) is 12.0 Å². The van der Waals surface area contributed by atoms with Crippen molar-refractivity contribution in [3.8, 4) is 11.5 Å². The summed E-state index contributed by atoms with van der Waals surface area (Å²) >= 11 is 0. The molecule has 0 radical (unpaired) electrons. The van der Waals surface area contributed by atoms with Crippen molar-refractivity contribution < 1.29 is 18.7 Å². The summed E-state index contributed by atoms with van der Waals surface area (Å²) in [4.78, 5) is 12.0. The molecule has 0 bridgehead atoms. The quantitative estimate of drug-likeness (QED) is 0.889. The Morgan fingerprint density at radius 2 is 1.82 bits per heavy atom. The number of para-hydroxylation sites is 1. The largest absolute Gasteiger partial charge is 0.496 e. The zero-order valence-corrected chi connectivity index (χ0v) is 12.6. The summed E-state index contributed by atoms with van der Waals surface area (Å²) in [6.45, 7) is 0. The second-order valence-electron chi connectivity index (χ2n) is 4.70. The van der Waals surface area contributed by atoms with Gasteiger partial charge in [-0.3, -0.25) is 4.79 Å². The third kappa shape index (κ3) is 3.97. The number of aryl methyl sites for hydroxylation is 1. The summed E-state index contributed by atoms with van der Waals surface area (Å²) in [7, 11) is 3.06. The van der Waals surface area contributed by atoms with Crippen LogP contribution in [0.4, 0.5) is 10.1 Å². The van der Waals surface area contributed by atoms with E-state index in [4.69, 9.17) is 9.47 Å². The lowest BCUT2D eigenvalue weighted by Gasteiger charge is -2.11. The Morgan fingerprint density at radius 3 is 2.55 bits per heavy atom. The fraction of sp³-hybridized carbons (Fsp3) is 0.235. The molecule has 5 heteroatoms. The Labute approximate surface area is 128 Å². The topological polar surface area (TPSA) is 47.6 Å². The van der Waals surface area contributed by atoms with Crippen LogP contribution >= 0.6 is 0 Å². The fourth-order valence-corrected chi connectivity index (χ4v) is 2.15. The van der Waals surface area contributed by atoms with Crippen molar-refractivity contribution in [2.45, 2.75) is 12.8 Å². The molecule has 0 aliphatic rings. The number of ether oxygens (including phenoxy) is 2. The number of carbonyl (C=O) groups is 1. The minimum atomic E-state index is -0.430. The van der Waals surface area contributed by atoms with E-state index in [2.05, 4.69) is 5.32 Å². The number of anilines is 1. The minimum Gasteiger partial charge on any atom is -0.496 e. The number of rotatable bonds is 6. The molecule has 0 saturated carbocycles. The first kappa shape index (κ1) is 15.8. The number of carbonyl (C=O) groups excluding carboxylic acids is 1. The molecule has 2 aromatic rings. The molecule has 1 N–H and O–H groups in total. The molecule has 22 heavy (non-hydrogen) atoms. The molecule has 2 rings (SSSR count). The predicted molar refractivity (Wildman–Crippen MR) is 82.9 cm³/mol. The van der Waals surface area contributed by atoms with Crippen molar-refractivity contribution in [2.75, 3.05) is 19.5 Å². The molecule has 1 amide bonds. The monoisotopic (exact) mass is 303 g/mol. The molecule has 4 nitrogen and oxygen atoms in total. The van der Waals surface area contributed by atoms with Crippen LogP contribution in [-0.2, 0) is 11.2 Å². The molecular formula is C17H18FNO3. The summed E-state index contributed by atoms with van der Waals surface area (Å²) < 4.78 is 23.6. The van der Waals surface area contributed by atoms with Gasteiger partial charge in [-0.15, -0.1) is 0 Å². The maximum Gasteiger partial charge on any atom is 0.224 e. The van der Waals surface area contributed by atoms with E-state index in [0.717, 1.165) is 11.3 Å². The highest BCUT2D eigenvalue weighted by Crippen LogP contribution is 2.25. The number of methoxy groups -OCH3 is 2. The third-order valence-corrected chi connectivity index (χ3v) is 3.25. The van der Waals surface area contributed by atoms with Crippen molar-refractivity contribution in [1.29, 1.82) is 0 Å². The number of hydrogen-bond donors (Lipinski definition) is 1. The zero-order chi connectivity index (χ0) is 15.9. The summed E-state index contributed by atoms with van der Waals surface area (Å²) in [5.74, 6) is 0.529. The standard InChI is InChI=1S/C17H18FNO3/c1-21-15-6-4-3-5-12(15)7-10-17(20)19-14-11-13(18)8-9-16(14)22-2/h3-6,8-9,11H,7,10H2,1-2H3,(H,19,20). The molecular weight excluding hydrogens is 285 g/mol. The molecule has 0 aliphatic carbocycles. The lowest BCUT2D eigenvalue weighted by molar-refractivity contribution is -0.116. The molecule has 116 valence electrons. The highest BCUT2D eigenvalue weighted by atomic mass is 19.1. The average molecular weight is 303 g/mol. The number of amides is 1. The minimum absolute atomic E-state index is 0.213. The molecule has 0 aliphatic heterocycles. The molecule has 0 atom stereocenters. The lowest BCUT2D eigenvalue weighted by Crippen LogP contribution is -2.13. The lowest BCUT2D eigenvalue weighted by atomic mass is 10.1. The smallest absolute Gasteiger partial charge is 0.224 e. The van der Waals surface area contributed by atoms with Crippen LogP contribution in [0.3, 0.4) is 0 Å². The van der Waals surface area contributed by atoms with E-state index in [9.17, 15) is 9.18 Å². The van der Waals surface area contributed by atoms with E-state index < -0.39 is 5.82 Å². The van der Waals surface area contributed by atoms with Gasteiger partial charge < -0.3 is 14.8 Å². The molecule has 0 heterocycles. The van der Waals surface area contributed by atoms with Crippen molar-refractivity contribution >= 4 is 11.6 Å². The molecule has 0 fully saturated rings. The normalized spacial score (nSPS) is 10.1. The Morgan fingerprint density at radius 1 is 1.09 bits per heavy atom. The van der Waals surface area contributed by atoms with Crippen LogP contribution in [-0.4, -0.2) is 20.1 Å². The van der Waals surface area contributed by atoms with Crippen LogP contribution in [0, 0.1) is 5.82 Å². The van der Waals surface area contributed by atoms with Gasteiger partial charge in [-0.05, 0) is 30.2 Å². The molecule has 0 saturated heterocycles. The van der Waals surface area contributed by atoms with E-state index in [1.54, 1.807) is 7.11 Å². The van der Waals surface area contributed by atoms with E-state index in [0.29, 0.717) is 17.9 Å². The Hall–Kier alpha value is -2.56. The van der Waals surface area contributed by atoms with Gasteiger partial charge in [0.05, 0.1) is 19.9 Å². The number of hydrogen-bond acceptors (Lipinski definition) is 3. The zero-order valence-electron chi connectivity index (χ0n) is 12.6. The first-order valence-electron chi connectivity index (χ1n) is 6.89. The highest BCUT2D eigenvalue weighted by Gasteiger charge is 2.10. The van der Waals surface area contributed by atoms with Crippen LogP contribution in [0.15, 0.2) is 42.5 Å². The van der Waals surface area contributed by atoms with Gasteiger partial charge in [0.25, 0.3) is 0 Å².